The molecule has 1 saturated heterocycles. The Morgan fingerprint density at radius 1 is 1.19 bits per heavy atom. The van der Waals surface area contributed by atoms with Crippen molar-refractivity contribution in [3.05, 3.63) is 70.3 Å². The molecular formula is C17H16N4O5. The summed E-state index contributed by atoms with van der Waals surface area (Å²) in [5, 5.41) is 11.8. The number of hydrazine groups is 1. The second-order valence-electron chi connectivity index (χ2n) is 5.91. The number of benzene rings is 2. The Balaban J connectivity index is 1.63. The normalized spacial score (nSPS) is 19.4. The van der Waals surface area contributed by atoms with E-state index in [0.29, 0.717) is 5.69 Å². The number of nitro groups is 1. The topological polar surface area (TPSA) is 114 Å². The molecule has 1 aliphatic heterocycles. The van der Waals surface area contributed by atoms with Gasteiger partial charge in [0.25, 0.3) is 17.5 Å². The Labute approximate surface area is 148 Å². The minimum absolute atomic E-state index is 0.0163. The number of non-ortho nitro benzene ring substituents is 1. The molecule has 1 heterocycles. The highest BCUT2D eigenvalue weighted by Crippen LogP contribution is 2.28. The van der Waals surface area contributed by atoms with Crippen LogP contribution in [0.3, 0.4) is 0 Å². The third kappa shape index (κ3) is 3.68. The van der Waals surface area contributed by atoms with Gasteiger partial charge in [-0.25, -0.2) is 10.3 Å². The monoisotopic (exact) mass is 356 g/mol. The Morgan fingerprint density at radius 3 is 2.46 bits per heavy atom. The lowest BCUT2D eigenvalue weighted by atomic mass is 10.2. The van der Waals surface area contributed by atoms with Crippen molar-refractivity contribution in [2.24, 2.45) is 0 Å². The van der Waals surface area contributed by atoms with Crippen LogP contribution in [0.2, 0.25) is 0 Å². The van der Waals surface area contributed by atoms with E-state index in [2.05, 4.69) is 10.9 Å². The molecule has 2 N–H and O–H groups in total. The molecule has 9 nitrogen and oxygen atoms in total. The third-order valence-corrected chi connectivity index (χ3v) is 3.78. The maximum absolute atomic E-state index is 12.2. The van der Waals surface area contributed by atoms with Crippen molar-refractivity contribution in [2.45, 2.75) is 19.1 Å². The Bertz CT molecular complexity index is 840. The zero-order valence-electron chi connectivity index (χ0n) is 13.8. The number of para-hydroxylation sites is 1. The average Bonchev–Trinajstić information content (AvgIpc) is 2.95. The SMILES string of the molecule is C[C@]1(NNC(=O)c2ccc([N+](=O)[O-])cc2)CC(=O)N(c2ccccc2)O1. The number of hydroxylamine groups is 1. The first-order valence-corrected chi connectivity index (χ1v) is 7.77. The van der Waals surface area contributed by atoms with Crippen LogP contribution < -0.4 is 15.9 Å². The van der Waals surface area contributed by atoms with Crippen molar-refractivity contribution in [3.8, 4) is 0 Å². The lowest BCUT2D eigenvalue weighted by Crippen LogP contribution is -2.52. The highest BCUT2D eigenvalue weighted by Gasteiger charge is 2.42. The van der Waals surface area contributed by atoms with Gasteiger partial charge >= 0.3 is 0 Å². The molecular weight excluding hydrogens is 340 g/mol. The Hall–Kier alpha value is -3.30. The number of carbonyl (C=O) groups excluding carboxylic acids is 2. The number of rotatable bonds is 5. The van der Waals surface area contributed by atoms with Crippen LogP contribution in [0.5, 0.6) is 0 Å². The van der Waals surface area contributed by atoms with E-state index in [0.717, 1.165) is 0 Å². The molecule has 3 rings (SSSR count). The first-order valence-electron chi connectivity index (χ1n) is 7.77. The number of nitrogens with zero attached hydrogens (tertiary/aromatic N) is 2. The molecule has 0 bridgehead atoms. The zero-order chi connectivity index (χ0) is 18.7. The molecule has 1 fully saturated rings. The molecule has 0 saturated carbocycles. The maximum Gasteiger partial charge on any atom is 0.269 e. The van der Waals surface area contributed by atoms with Gasteiger partial charge in [-0.3, -0.25) is 25.1 Å². The standard InChI is InChI=1S/C17H16N4O5/c1-17(11-15(22)20(26-17)13-5-3-2-4-6-13)19-18-16(23)12-7-9-14(10-8-12)21(24)25/h2-10,19H,11H2,1H3,(H,18,23)/t17-/m1/s1. The molecule has 2 amide bonds. The molecule has 1 atom stereocenters. The van der Waals surface area contributed by atoms with Crippen LogP contribution in [-0.4, -0.2) is 22.5 Å². The van der Waals surface area contributed by atoms with Gasteiger partial charge < -0.3 is 0 Å². The summed E-state index contributed by atoms with van der Waals surface area (Å²) in [7, 11) is 0. The van der Waals surface area contributed by atoms with Gasteiger partial charge in [-0.15, -0.1) is 0 Å². The quantitative estimate of drug-likeness (QED) is 0.625. The van der Waals surface area contributed by atoms with Crippen LogP contribution in [0, 0.1) is 10.1 Å². The van der Waals surface area contributed by atoms with Crippen LogP contribution in [0.25, 0.3) is 0 Å². The van der Waals surface area contributed by atoms with Gasteiger partial charge in [-0.05, 0) is 31.2 Å². The number of amides is 2. The predicted molar refractivity (Wildman–Crippen MR) is 91.7 cm³/mol. The summed E-state index contributed by atoms with van der Waals surface area (Å²) in [6.07, 6.45) is 0.0163. The number of nitrogens with one attached hydrogen (secondary N) is 2. The number of hydrogen-bond acceptors (Lipinski definition) is 6. The zero-order valence-corrected chi connectivity index (χ0v) is 13.8. The molecule has 0 unspecified atom stereocenters. The van der Waals surface area contributed by atoms with E-state index in [9.17, 15) is 19.7 Å². The van der Waals surface area contributed by atoms with Crippen LogP contribution in [0.15, 0.2) is 54.6 Å². The van der Waals surface area contributed by atoms with Crippen molar-refractivity contribution >= 4 is 23.2 Å². The summed E-state index contributed by atoms with van der Waals surface area (Å²) in [4.78, 5) is 40.1. The Morgan fingerprint density at radius 2 is 1.85 bits per heavy atom. The van der Waals surface area contributed by atoms with Gasteiger partial charge in [-0.1, -0.05) is 18.2 Å². The molecule has 1 aliphatic rings. The van der Waals surface area contributed by atoms with Gasteiger partial charge in [-0.2, -0.15) is 5.06 Å². The summed E-state index contributed by atoms with van der Waals surface area (Å²) in [6.45, 7) is 1.63. The number of carbonyl (C=O) groups is 2. The van der Waals surface area contributed by atoms with Crippen molar-refractivity contribution in [1.82, 2.24) is 10.9 Å². The van der Waals surface area contributed by atoms with E-state index in [-0.39, 0.29) is 23.6 Å². The van der Waals surface area contributed by atoms with Crippen molar-refractivity contribution < 1.29 is 19.3 Å². The summed E-state index contributed by atoms with van der Waals surface area (Å²) >= 11 is 0. The van der Waals surface area contributed by atoms with Gasteiger partial charge in [0.15, 0.2) is 5.72 Å². The van der Waals surface area contributed by atoms with Gasteiger partial charge in [0, 0.05) is 17.7 Å². The fourth-order valence-corrected chi connectivity index (χ4v) is 2.47. The molecule has 2 aromatic rings. The van der Waals surface area contributed by atoms with Crippen LogP contribution in [0.4, 0.5) is 11.4 Å². The summed E-state index contributed by atoms with van der Waals surface area (Å²) in [5.41, 5.74) is 4.76. The molecule has 0 aliphatic carbocycles. The van der Waals surface area contributed by atoms with Crippen LogP contribution >= 0.6 is 0 Å². The van der Waals surface area contributed by atoms with E-state index in [1.54, 1.807) is 31.2 Å². The summed E-state index contributed by atoms with van der Waals surface area (Å²) in [5.74, 6) is -0.758. The van der Waals surface area contributed by atoms with E-state index in [4.69, 9.17) is 4.84 Å². The summed E-state index contributed by atoms with van der Waals surface area (Å²) < 4.78 is 0. The van der Waals surface area contributed by atoms with E-state index in [1.807, 2.05) is 6.07 Å². The van der Waals surface area contributed by atoms with E-state index >= 15 is 0 Å². The lowest BCUT2D eigenvalue weighted by molar-refractivity contribution is -0.384. The van der Waals surface area contributed by atoms with Gasteiger partial charge in [0.1, 0.15) is 0 Å². The molecule has 26 heavy (non-hydrogen) atoms. The minimum atomic E-state index is -1.12. The third-order valence-electron chi connectivity index (χ3n) is 3.78. The highest BCUT2D eigenvalue weighted by molar-refractivity contribution is 5.95. The highest BCUT2D eigenvalue weighted by atomic mass is 16.7. The smallest absolute Gasteiger partial charge is 0.269 e. The molecule has 9 heteroatoms. The van der Waals surface area contributed by atoms with Crippen LogP contribution in [-0.2, 0) is 9.63 Å². The fourth-order valence-electron chi connectivity index (χ4n) is 2.47. The minimum Gasteiger partial charge on any atom is -0.285 e. The first-order chi connectivity index (χ1) is 12.4. The number of anilines is 1. The average molecular weight is 356 g/mol. The van der Waals surface area contributed by atoms with Crippen LogP contribution in [0.1, 0.15) is 23.7 Å². The van der Waals surface area contributed by atoms with E-state index < -0.39 is 16.6 Å². The van der Waals surface area contributed by atoms with E-state index in [1.165, 1.54) is 29.3 Å². The molecule has 0 radical (unpaired) electrons. The summed E-state index contributed by atoms with van der Waals surface area (Å²) in [6, 6.07) is 14.0. The maximum atomic E-state index is 12.2. The first kappa shape index (κ1) is 17.5. The molecule has 0 spiro atoms. The lowest BCUT2D eigenvalue weighted by Gasteiger charge is -2.25. The second kappa shape index (κ2) is 6.90. The van der Waals surface area contributed by atoms with Crippen molar-refractivity contribution in [1.29, 1.82) is 0 Å². The van der Waals surface area contributed by atoms with Crippen molar-refractivity contribution in [3.63, 3.8) is 0 Å². The molecule has 134 valence electrons. The number of hydrogen-bond donors (Lipinski definition) is 2. The molecule has 0 aromatic heterocycles. The largest absolute Gasteiger partial charge is 0.285 e. The second-order valence-corrected chi connectivity index (χ2v) is 5.91. The number of nitro benzene ring substituents is 1. The molecule has 2 aromatic carbocycles. The fraction of sp³-hybridized carbons (Fsp3) is 0.176. The van der Waals surface area contributed by atoms with Crippen molar-refractivity contribution in [2.75, 3.05) is 5.06 Å². The van der Waals surface area contributed by atoms with Gasteiger partial charge in [0.05, 0.1) is 17.0 Å². The Kier molecular flexibility index (Phi) is 4.65. The van der Waals surface area contributed by atoms with Gasteiger partial charge in [0.2, 0.25) is 0 Å². The predicted octanol–water partition coefficient (Wildman–Crippen LogP) is 1.91.